The number of nitrogens with zero attached hydrogens (tertiary/aromatic N) is 4. The number of Topliss-reactive ketones (excluding diaryl/α,β-unsaturated/α-hetero) is 4. The second kappa shape index (κ2) is 32.6. The molecular formula is C65H67N11O15. The summed E-state index contributed by atoms with van der Waals surface area (Å²) in [6.07, 6.45) is 4.23. The molecule has 0 unspecified atom stereocenters. The van der Waals surface area contributed by atoms with Crippen LogP contribution in [-0.2, 0) is 23.9 Å². The number of anilines is 4. The van der Waals surface area contributed by atoms with E-state index in [0.29, 0.717) is 50.6 Å². The molecule has 0 bridgehead atoms. The number of hydrogen-bond acceptors (Lipinski definition) is 21. The van der Waals surface area contributed by atoms with Crippen LogP contribution in [0.2, 0.25) is 0 Å². The highest BCUT2D eigenvalue weighted by molar-refractivity contribution is 6.01. The van der Waals surface area contributed by atoms with Gasteiger partial charge in [0, 0.05) is 115 Å². The molecule has 26 nitrogen and oxygen atoms in total. The largest absolute Gasteiger partial charge is 0.506 e. The maximum atomic E-state index is 12.0. The lowest BCUT2D eigenvalue weighted by molar-refractivity contribution is -0.137. The summed E-state index contributed by atoms with van der Waals surface area (Å²) in [6, 6.07) is 33.8. The SMILES string of the molecule is CC(C)(C)OC(=O)Nc1cccc(-c2cnc(C(=O)CCC(N)=O)c(O)c2)c1.NC(=O)CCC(=O)c1ncc(-c2cccc(N)c2)cc1O.NC(=O)CCC(=O)c1ncc(-c2cccc(N)c2)cc1O.Nc1cccc(-c2cnc(C(=O)CCC(=O)O)c(O)c2)c1. The number of aromatic nitrogens is 4. The molecule has 8 rings (SSSR count). The molecule has 4 aromatic heterocycles. The standard InChI is InChI=1S/C20H23N3O5.2C15H15N3O3.C15H14N2O4/c1-20(2,3)28-19(27)23-14-6-4-5-12(9-14)13-10-16(25)18(22-11-13)15(24)7-8-17(21)26;2*16-11-3-1-2-9(6-11)10-7-13(20)15(18-8-10)12(19)4-5-14(17)21;16-11-3-1-2-9(6-11)10-7-13(19)15(17-8-10)12(18)4-5-14(20)21/h4-6,9-11,25H,7-8H2,1-3H3,(H2,21,26)(H,23,27);2*1-3,6-8,20H,4-5,16H2,(H2,17,21);1-3,6-8,19H,4-5,16H2,(H,20,21). The Hall–Kier alpha value is -12.1. The molecule has 472 valence electrons. The molecule has 0 atom stereocenters. The normalized spacial score (nSPS) is 10.5. The van der Waals surface area contributed by atoms with Crippen LogP contribution in [0.1, 0.15) is 114 Å². The highest BCUT2D eigenvalue weighted by atomic mass is 16.6. The highest BCUT2D eigenvalue weighted by Gasteiger charge is 2.21. The van der Waals surface area contributed by atoms with Crippen LogP contribution >= 0.6 is 0 Å². The summed E-state index contributed by atoms with van der Waals surface area (Å²) < 4.78 is 5.22. The third-order valence-electron chi connectivity index (χ3n) is 12.4. The number of hydrogen-bond donors (Lipinski definition) is 12. The average molecular weight is 1240 g/mol. The van der Waals surface area contributed by atoms with Gasteiger partial charge in [0.2, 0.25) is 17.7 Å². The van der Waals surface area contributed by atoms with Crippen molar-refractivity contribution in [2.24, 2.45) is 17.2 Å². The number of aliphatic carboxylic acids is 1. The first-order chi connectivity index (χ1) is 43.0. The maximum Gasteiger partial charge on any atom is 0.412 e. The Bertz CT molecular complexity index is 3730. The molecule has 0 fully saturated rings. The number of carboxylic acids is 1. The van der Waals surface area contributed by atoms with Crippen molar-refractivity contribution in [2.75, 3.05) is 22.5 Å². The molecule has 18 N–H and O–H groups in total. The van der Waals surface area contributed by atoms with Crippen LogP contribution in [-0.4, -0.2) is 104 Å². The fourth-order valence-corrected chi connectivity index (χ4v) is 8.06. The average Bonchev–Trinajstić information content (AvgIpc) is 1.10. The van der Waals surface area contributed by atoms with E-state index in [0.717, 1.165) is 16.7 Å². The van der Waals surface area contributed by atoms with Crippen molar-refractivity contribution in [3.63, 3.8) is 0 Å². The van der Waals surface area contributed by atoms with Gasteiger partial charge in [-0.1, -0.05) is 48.5 Å². The number of ether oxygens (including phenoxy) is 1. The van der Waals surface area contributed by atoms with Gasteiger partial charge in [-0.3, -0.25) is 43.7 Å². The van der Waals surface area contributed by atoms with Gasteiger partial charge in [0.1, 0.15) is 51.4 Å². The fraction of sp³-hybridized carbons (Fsp3) is 0.185. The number of nitrogen functional groups attached to an aromatic ring is 3. The number of carboxylic acid groups (broad SMARTS) is 1. The van der Waals surface area contributed by atoms with Crippen LogP contribution in [0, 0.1) is 0 Å². The topological polar surface area (TPSA) is 484 Å². The van der Waals surface area contributed by atoms with E-state index >= 15 is 0 Å². The monoisotopic (exact) mass is 1240 g/mol. The Balaban J connectivity index is 0.000000222. The van der Waals surface area contributed by atoms with Gasteiger partial charge in [-0.15, -0.1) is 0 Å². The van der Waals surface area contributed by atoms with Gasteiger partial charge in [0.15, 0.2) is 23.1 Å². The van der Waals surface area contributed by atoms with Gasteiger partial charge in [0.05, 0.1) is 6.42 Å². The van der Waals surface area contributed by atoms with Crippen molar-refractivity contribution in [3.05, 3.63) is 169 Å². The minimum atomic E-state index is -1.07. The molecular weight excluding hydrogens is 1170 g/mol. The van der Waals surface area contributed by atoms with Gasteiger partial charge in [0.25, 0.3) is 0 Å². The van der Waals surface area contributed by atoms with E-state index in [1.165, 1.54) is 49.1 Å². The Labute approximate surface area is 521 Å². The van der Waals surface area contributed by atoms with E-state index in [1.807, 2.05) is 12.1 Å². The van der Waals surface area contributed by atoms with E-state index in [-0.39, 0.29) is 97.1 Å². The molecule has 0 saturated carbocycles. The van der Waals surface area contributed by atoms with Crippen molar-refractivity contribution >= 4 is 75.7 Å². The number of rotatable bonds is 21. The van der Waals surface area contributed by atoms with Crippen LogP contribution in [0.15, 0.2) is 146 Å². The number of primary amides is 3. The highest BCUT2D eigenvalue weighted by Crippen LogP contribution is 2.31. The molecule has 4 amide bonds. The number of amides is 4. The summed E-state index contributed by atoms with van der Waals surface area (Å²) in [6.45, 7) is 5.30. The van der Waals surface area contributed by atoms with Crippen molar-refractivity contribution in [1.29, 1.82) is 0 Å². The number of nitrogens with one attached hydrogen (secondary N) is 1. The summed E-state index contributed by atoms with van der Waals surface area (Å²) in [4.78, 5) is 118. The van der Waals surface area contributed by atoms with Crippen molar-refractivity contribution in [3.8, 4) is 67.5 Å². The molecule has 0 spiro atoms. The van der Waals surface area contributed by atoms with Crippen LogP contribution in [0.5, 0.6) is 23.0 Å². The van der Waals surface area contributed by atoms with Crippen LogP contribution in [0.25, 0.3) is 44.5 Å². The van der Waals surface area contributed by atoms with Gasteiger partial charge in [-0.2, -0.15) is 0 Å². The first-order valence-corrected chi connectivity index (χ1v) is 27.6. The number of benzene rings is 4. The van der Waals surface area contributed by atoms with E-state index in [1.54, 1.807) is 106 Å². The molecule has 0 radical (unpaired) electrons. The number of carbonyl (C=O) groups is 9. The lowest BCUT2D eigenvalue weighted by atomic mass is 10.0. The Morgan fingerprint density at radius 1 is 0.396 bits per heavy atom. The molecule has 26 heteroatoms. The Morgan fingerprint density at radius 2 is 0.670 bits per heavy atom. The molecule has 4 aromatic carbocycles. The smallest absolute Gasteiger partial charge is 0.412 e. The molecule has 91 heavy (non-hydrogen) atoms. The zero-order chi connectivity index (χ0) is 67.1. The molecule has 0 aliphatic carbocycles. The summed E-state index contributed by atoms with van der Waals surface area (Å²) >= 11 is 0. The molecule has 0 aliphatic rings. The lowest BCUT2D eigenvalue weighted by Crippen LogP contribution is -2.27. The summed E-state index contributed by atoms with van der Waals surface area (Å²) in [5.41, 5.74) is 38.8. The number of aromatic hydroxyl groups is 4. The predicted octanol–water partition coefficient (Wildman–Crippen LogP) is 8.30. The zero-order valence-corrected chi connectivity index (χ0v) is 49.6. The summed E-state index contributed by atoms with van der Waals surface area (Å²) in [5, 5.41) is 51.1. The fourth-order valence-electron chi connectivity index (χ4n) is 8.06. The predicted molar refractivity (Wildman–Crippen MR) is 338 cm³/mol. The van der Waals surface area contributed by atoms with Crippen molar-refractivity contribution < 1.29 is 73.4 Å². The summed E-state index contributed by atoms with van der Waals surface area (Å²) in [5.74, 6) is -5.67. The number of nitrogens with two attached hydrogens (primary N) is 6. The van der Waals surface area contributed by atoms with Crippen molar-refractivity contribution in [2.45, 2.75) is 77.7 Å². The first-order valence-electron chi connectivity index (χ1n) is 27.6. The minimum absolute atomic E-state index is 0.0658. The lowest BCUT2D eigenvalue weighted by Gasteiger charge is -2.19. The second-order valence-electron chi connectivity index (χ2n) is 20.9. The summed E-state index contributed by atoms with van der Waals surface area (Å²) in [7, 11) is 0. The van der Waals surface area contributed by atoms with E-state index in [4.69, 9.17) is 44.2 Å². The zero-order valence-electron chi connectivity index (χ0n) is 49.6. The van der Waals surface area contributed by atoms with E-state index < -0.39 is 58.5 Å². The molecule has 0 saturated heterocycles. The third kappa shape index (κ3) is 22.6. The molecule has 4 heterocycles. The quantitative estimate of drug-likeness (QED) is 0.0237. The van der Waals surface area contributed by atoms with E-state index in [9.17, 15) is 63.6 Å². The number of pyridine rings is 4. The van der Waals surface area contributed by atoms with Crippen molar-refractivity contribution in [1.82, 2.24) is 19.9 Å². The molecule has 0 aliphatic heterocycles. The molecule has 8 aromatic rings. The Morgan fingerprint density at radius 3 is 0.923 bits per heavy atom. The number of ketones is 4. The van der Waals surface area contributed by atoms with Crippen LogP contribution < -0.4 is 39.7 Å². The van der Waals surface area contributed by atoms with E-state index in [2.05, 4.69) is 25.3 Å². The Kier molecular flexibility index (Phi) is 25.0. The first kappa shape index (κ1) is 69.7. The third-order valence-corrected chi connectivity index (χ3v) is 12.4. The van der Waals surface area contributed by atoms with Crippen LogP contribution in [0.4, 0.5) is 27.5 Å². The second-order valence-corrected chi connectivity index (χ2v) is 20.9. The maximum absolute atomic E-state index is 12.0. The minimum Gasteiger partial charge on any atom is -0.506 e. The number of carbonyl (C=O) groups excluding carboxylic acids is 8. The van der Waals surface area contributed by atoms with Crippen LogP contribution in [0.3, 0.4) is 0 Å². The van der Waals surface area contributed by atoms with Gasteiger partial charge >= 0.3 is 12.1 Å². The van der Waals surface area contributed by atoms with Gasteiger partial charge < -0.3 is 64.7 Å². The van der Waals surface area contributed by atoms with Gasteiger partial charge in [-0.05, 0) is 116 Å². The van der Waals surface area contributed by atoms with Gasteiger partial charge in [-0.25, -0.2) is 24.7 Å².